The van der Waals surface area contributed by atoms with Gasteiger partial charge in [-0.1, -0.05) is 22.0 Å². The number of aromatic nitrogens is 1. The second-order valence-corrected chi connectivity index (χ2v) is 5.17. The zero-order chi connectivity index (χ0) is 13.7. The molecule has 19 heavy (non-hydrogen) atoms. The highest BCUT2D eigenvalue weighted by Gasteiger charge is 2.09. The summed E-state index contributed by atoms with van der Waals surface area (Å²) in [6.07, 6.45) is 2.86. The maximum absolute atomic E-state index is 5.57. The lowest BCUT2D eigenvalue weighted by Crippen LogP contribution is -2.19. The predicted octanol–water partition coefficient (Wildman–Crippen LogP) is 4.19. The zero-order valence-corrected chi connectivity index (χ0v) is 13.0. The summed E-state index contributed by atoms with van der Waals surface area (Å²) in [6, 6.07) is 8.40. The van der Waals surface area contributed by atoms with Gasteiger partial charge in [0.15, 0.2) is 6.29 Å². The van der Waals surface area contributed by atoms with E-state index in [1.54, 1.807) is 0 Å². The van der Waals surface area contributed by atoms with Crippen molar-refractivity contribution in [3.8, 4) is 0 Å². The molecule has 0 aliphatic carbocycles. The summed E-state index contributed by atoms with van der Waals surface area (Å²) in [5.41, 5.74) is 1.24. The summed E-state index contributed by atoms with van der Waals surface area (Å²) in [6.45, 7) is 6.25. The summed E-state index contributed by atoms with van der Waals surface area (Å²) in [5, 5.41) is 1.24. The van der Waals surface area contributed by atoms with E-state index in [-0.39, 0.29) is 6.29 Å². The molecule has 4 heteroatoms. The summed E-state index contributed by atoms with van der Waals surface area (Å²) in [5.74, 6) is 0. The molecule has 0 bridgehead atoms. The Labute approximate surface area is 122 Å². The molecular weight excluding hydrogens is 306 g/mol. The van der Waals surface area contributed by atoms with Gasteiger partial charge in [-0.2, -0.15) is 0 Å². The Morgan fingerprint density at radius 2 is 1.89 bits per heavy atom. The van der Waals surface area contributed by atoms with Gasteiger partial charge in [0.25, 0.3) is 0 Å². The van der Waals surface area contributed by atoms with Crippen LogP contribution in [0.15, 0.2) is 34.9 Å². The van der Waals surface area contributed by atoms with Crippen LogP contribution in [0, 0.1) is 0 Å². The van der Waals surface area contributed by atoms with Crippen LogP contribution in [0.4, 0.5) is 0 Å². The van der Waals surface area contributed by atoms with E-state index in [2.05, 4.69) is 51.0 Å². The Morgan fingerprint density at radius 3 is 2.58 bits per heavy atom. The van der Waals surface area contributed by atoms with Crippen LogP contribution in [-0.4, -0.2) is 24.1 Å². The Morgan fingerprint density at radius 1 is 1.16 bits per heavy atom. The highest BCUT2D eigenvalue weighted by Crippen LogP contribution is 2.25. The van der Waals surface area contributed by atoms with E-state index in [9.17, 15) is 0 Å². The van der Waals surface area contributed by atoms with E-state index in [4.69, 9.17) is 9.47 Å². The SMILES string of the molecule is CCOC(CCn1ccc2c(Br)cccc21)OCC. The van der Waals surface area contributed by atoms with E-state index < -0.39 is 0 Å². The van der Waals surface area contributed by atoms with Gasteiger partial charge >= 0.3 is 0 Å². The number of ether oxygens (including phenoxy) is 2. The van der Waals surface area contributed by atoms with Gasteiger partial charge in [0.05, 0.1) is 0 Å². The quantitative estimate of drug-likeness (QED) is 0.712. The number of halogens is 1. The molecule has 3 nitrogen and oxygen atoms in total. The second kappa shape index (κ2) is 7.08. The van der Waals surface area contributed by atoms with Crippen LogP contribution in [0.5, 0.6) is 0 Å². The average Bonchev–Trinajstić information content (AvgIpc) is 2.81. The van der Waals surface area contributed by atoms with Gasteiger partial charge in [-0.25, -0.2) is 0 Å². The van der Waals surface area contributed by atoms with Crippen molar-refractivity contribution in [2.24, 2.45) is 0 Å². The molecule has 2 aromatic rings. The van der Waals surface area contributed by atoms with Crippen molar-refractivity contribution in [1.29, 1.82) is 0 Å². The fourth-order valence-corrected chi connectivity index (χ4v) is 2.70. The van der Waals surface area contributed by atoms with Crippen LogP contribution in [0.1, 0.15) is 20.3 Å². The Balaban J connectivity index is 2.06. The predicted molar refractivity (Wildman–Crippen MR) is 81.3 cm³/mol. The molecule has 0 spiro atoms. The van der Waals surface area contributed by atoms with E-state index >= 15 is 0 Å². The molecule has 0 atom stereocenters. The Hall–Kier alpha value is -0.840. The smallest absolute Gasteiger partial charge is 0.159 e. The Bertz CT molecular complexity index is 518. The van der Waals surface area contributed by atoms with Crippen LogP contribution in [0.3, 0.4) is 0 Å². The molecule has 104 valence electrons. The van der Waals surface area contributed by atoms with Crippen LogP contribution in [-0.2, 0) is 16.0 Å². The minimum absolute atomic E-state index is 0.111. The van der Waals surface area contributed by atoms with Gasteiger partial charge in [0.1, 0.15) is 0 Å². The van der Waals surface area contributed by atoms with E-state index in [0.29, 0.717) is 13.2 Å². The molecule has 1 aromatic heterocycles. The molecule has 1 aromatic carbocycles. The van der Waals surface area contributed by atoms with Gasteiger partial charge < -0.3 is 14.0 Å². The molecule has 1 heterocycles. The first-order chi connectivity index (χ1) is 9.26. The summed E-state index contributed by atoms with van der Waals surface area (Å²) in [4.78, 5) is 0. The van der Waals surface area contributed by atoms with Gasteiger partial charge in [0, 0.05) is 47.8 Å². The highest BCUT2D eigenvalue weighted by molar-refractivity contribution is 9.10. The third-order valence-electron chi connectivity index (χ3n) is 3.07. The van der Waals surface area contributed by atoms with E-state index in [1.807, 2.05) is 13.8 Å². The molecule has 0 saturated carbocycles. The number of benzene rings is 1. The molecule has 0 aliphatic heterocycles. The maximum Gasteiger partial charge on any atom is 0.159 e. The van der Waals surface area contributed by atoms with Crippen molar-refractivity contribution >= 4 is 26.8 Å². The molecule has 0 radical (unpaired) electrons. The zero-order valence-electron chi connectivity index (χ0n) is 11.4. The third-order valence-corrected chi connectivity index (χ3v) is 3.76. The summed E-state index contributed by atoms with van der Waals surface area (Å²) < 4.78 is 14.5. The van der Waals surface area contributed by atoms with E-state index in [0.717, 1.165) is 17.4 Å². The highest BCUT2D eigenvalue weighted by atomic mass is 79.9. The number of fused-ring (bicyclic) bond motifs is 1. The van der Waals surface area contributed by atoms with Crippen molar-refractivity contribution in [3.63, 3.8) is 0 Å². The molecule has 0 amide bonds. The first-order valence-electron chi connectivity index (χ1n) is 6.72. The largest absolute Gasteiger partial charge is 0.353 e. The average molecular weight is 326 g/mol. The minimum Gasteiger partial charge on any atom is -0.353 e. The van der Waals surface area contributed by atoms with Crippen molar-refractivity contribution < 1.29 is 9.47 Å². The van der Waals surface area contributed by atoms with Gasteiger partial charge in [0.2, 0.25) is 0 Å². The molecular formula is C15H20BrNO2. The number of hydrogen-bond acceptors (Lipinski definition) is 2. The van der Waals surface area contributed by atoms with Crippen molar-refractivity contribution in [2.45, 2.75) is 33.1 Å². The molecule has 0 unspecified atom stereocenters. The number of aryl methyl sites for hydroxylation is 1. The Kier molecular flexibility index (Phi) is 5.43. The number of nitrogens with zero attached hydrogens (tertiary/aromatic N) is 1. The fraction of sp³-hybridized carbons (Fsp3) is 0.467. The van der Waals surface area contributed by atoms with Crippen molar-refractivity contribution in [2.75, 3.05) is 13.2 Å². The lowest BCUT2D eigenvalue weighted by Gasteiger charge is -2.17. The molecule has 0 fully saturated rings. The second-order valence-electron chi connectivity index (χ2n) is 4.31. The minimum atomic E-state index is -0.111. The lowest BCUT2D eigenvalue weighted by atomic mass is 10.2. The van der Waals surface area contributed by atoms with Crippen LogP contribution in [0.2, 0.25) is 0 Å². The molecule has 0 saturated heterocycles. The van der Waals surface area contributed by atoms with Crippen LogP contribution in [0.25, 0.3) is 10.9 Å². The fourth-order valence-electron chi connectivity index (χ4n) is 2.21. The first-order valence-corrected chi connectivity index (χ1v) is 7.52. The first kappa shape index (κ1) is 14.6. The van der Waals surface area contributed by atoms with Crippen LogP contribution >= 0.6 is 15.9 Å². The summed E-state index contributed by atoms with van der Waals surface area (Å²) in [7, 11) is 0. The topological polar surface area (TPSA) is 23.4 Å². The van der Waals surface area contributed by atoms with Gasteiger partial charge in [-0.05, 0) is 32.0 Å². The summed E-state index contributed by atoms with van der Waals surface area (Å²) >= 11 is 3.58. The van der Waals surface area contributed by atoms with Gasteiger partial charge in [-0.15, -0.1) is 0 Å². The number of hydrogen-bond donors (Lipinski definition) is 0. The normalized spacial score (nSPS) is 11.6. The molecule has 2 rings (SSSR count). The standard InChI is InChI=1S/C15H20BrNO2/c1-3-18-15(19-4-2)9-11-17-10-8-12-13(16)6-5-7-14(12)17/h5-8,10,15H,3-4,9,11H2,1-2H3. The van der Waals surface area contributed by atoms with Crippen molar-refractivity contribution in [3.05, 3.63) is 34.9 Å². The molecule has 0 aliphatic rings. The third kappa shape index (κ3) is 3.59. The lowest BCUT2D eigenvalue weighted by molar-refractivity contribution is -0.140. The maximum atomic E-state index is 5.57. The molecule has 0 N–H and O–H groups in total. The number of rotatable bonds is 7. The van der Waals surface area contributed by atoms with Crippen molar-refractivity contribution in [1.82, 2.24) is 4.57 Å². The van der Waals surface area contributed by atoms with Gasteiger partial charge in [-0.3, -0.25) is 0 Å². The van der Waals surface area contributed by atoms with E-state index in [1.165, 1.54) is 10.9 Å². The van der Waals surface area contributed by atoms with Crippen LogP contribution < -0.4 is 0 Å². The monoisotopic (exact) mass is 325 g/mol.